The van der Waals surface area contributed by atoms with Gasteiger partial charge in [-0.05, 0) is 42.0 Å². The number of hydrogen-bond acceptors (Lipinski definition) is 0. The first kappa shape index (κ1) is 18.3. The van der Waals surface area contributed by atoms with Crippen LogP contribution in [-0.4, -0.2) is 0 Å². The first-order valence-corrected chi connectivity index (χ1v) is 7.43. The molecule has 2 aromatic carbocycles. The van der Waals surface area contributed by atoms with Crippen LogP contribution >= 0.6 is 0 Å². The zero-order valence-corrected chi connectivity index (χ0v) is 13.8. The molecule has 0 bridgehead atoms. The summed E-state index contributed by atoms with van der Waals surface area (Å²) in [5, 5.41) is 0. The minimum absolute atomic E-state index is 0.00500. The third kappa shape index (κ3) is 5.21. The summed E-state index contributed by atoms with van der Waals surface area (Å²) in [5.74, 6) is -3.01. The molecule has 0 saturated heterocycles. The van der Waals surface area contributed by atoms with Crippen molar-refractivity contribution in [3.05, 3.63) is 70.5 Å². The van der Waals surface area contributed by atoms with Gasteiger partial charge >= 0.3 is 0 Å². The average Bonchev–Trinajstić information content (AvgIpc) is 2.45. The van der Waals surface area contributed by atoms with Crippen molar-refractivity contribution < 1.29 is 13.2 Å². The molecule has 2 aromatic rings. The van der Waals surface area contributed by atoms with E-state index in [1.807, 2.05) is 0 Å². The van der Waals surface area contributed by atoms with Gasteiger partial charge in [0.25, 0.3) is 0 Å². The van der Waals surface area contributed by atoms with Crippen LogP contribution in [0.4, 0.5) is 13.2 Å². The Hall–Kier alpha value is -1.77. The fourth-order valence-corrected chi connectivity index (χ4v) is 1.86. The van der Waals surface area contributed by atoms with Gasteiger partial charge in [0.15, 0.2) is 17.5 Å². The second kappa shape index (κ2) is 8.02. The Bertz CT molecular complexity index is 576. The van der Waals surface area contributed by atoms with Crippen molar-refractivity contribution in [1.82, 2.24) is 0 Å². The lowest BCUT2D eigenvalue weighted by Gasteiger charge is -2.05. The van der Waals surface area contributed by atoms with Crippen LogP contribution < -0.4 is 0 Å². The van der Waals surface area contributed by atoms with Crippen LogP contribution in [0, 0.1) is 24.4 Å². The minimum Gasteiger partial charge on any atom is -0.204 e. The van der Waals surface area contributed by atoms with Gasteiger partial charge in [-0.15, -0.1) is 0 Å². The van der Waals surface area contributed by atoms with Gasteiger partial charge in [-0.25, -0.2) is 13.2 Å². The maximum Gasteiger partial charge on any atom is 0.194 e. The predicted molar refractivity (Wildman–Crippen MR) is 85.7 cm³/mol. The zero-order chi connectivity index (χ0) is 16.9. The van der Waals surface area contributed by atoms with E-state index >= 15 is 0 Å². The lowest BCUT2D eigenvalue weighted by atomic mass is 10.0. The maximum atomic E-state index is 12.6. The highest BCUT2D eigenvalue weighted by Crippen LogP contribution is 2.19. The van der Waals surface area contributed by atoms with Crippen LogP contribution in [0.25, 0.3) is 0 Å². The monoisotopic (exact) mass is 308 g/mol. The fraction of sp³-hybridized carbons (Fsp3) is 0.368. The van der Waals surface area contributed by atoms with Crippen molar-refractivity contribution in [2.45, 2.75) is 46.5 Å². The van der Waals surface area contributed by atoms with Gasteiger partial charge in [0.2, 0.25) is 0 Å². The molecule has 0 amide bonds. The molecule has 0 nitrogen and oxygen atoms in total. The highest BCUT2D eigenvalue weighted by molar-refractivity contribution is 5.23. The molecule has 0 heterocycles. The zero-order valence-electron chi connectivity index (χ0n) is 13.8. The Kier molecular flexibility index (Phi) is 6.66. The fourth-order valence-electron chi connectivity index (χ4n) is 1.86. The normalized spacial score (nSPS) is 10.6. The van der Waals surface area contributed by atoms with Gasteiger partial charge in [-0.2, -0.15) is 0 Å². The Morgan fingerprint density at radius 1 is 0.682 bits per heavy atom. The van der Waals surface area contributed by atoms with Crippen molar-refractivity contribution in [2.24, 2.45) is 0 Å². The SMILES string of the molecule is CC(C)c1cc(F)c(F)c(F)c1.Cc1ccc(C(C)C)cc1. The summed E-state index contributed by atoms with van der Waals surface area (Å²) in [6, 6.07) is 10.7. The van der Waals surface area contributed by atoms with Gasteiger partial charge in [-0.1, -0.05) is 57.5 Å². The van der Waals surface area contributed by atoms with E-state index in [0.717, 1.165) is 12.1 Å². The van der Waals surface area contributed by atoms with Crippen molar-refractivity contribution in [1.29, 1.82) is 0 Å². The van der Waals surface area contributed by atoms with Crippen LogP contribution in [0.1, 0.15) is 56.2 Å². The van der Waals surface area contributed by atoms with Gasteiger partial charge in [0, 0.05) is 0 Å². The van der Waals surface area contributed by atoms with Crippen LogP contribution in [-0.2, 0) is 0 Å². The largest absolute Gasteiger partial charge is 0.204 e. The molecule has 0 atom stereocenters. The number of hydrogen-bond donors (Lipinski definition) is 0. The maximum absolute atomic E-state index is 12.6. The first-order chi connectivity index (χ1) is 10.2. The molecule has 0 aromatic heterocycles. The van der Waals surface area contributed by atoms with Crippen molar-refractivity contribution in [3.8, 4) is 0 Å². The predicted octanol–water partition coefficient (Wildman–Crippen LogP) is 6.35. The summed E-state index contributed by atoms with van der Waals surface area (Å²) in [6.07, 6.45) is 0. The molecule has 120 valence electrons. The molecule has 0 aliphatic carbocycles. The van der Waals surface area contributed by atoms with Gasteiger partial charge < -0.3 is 0 Å². The summed E-state index contributed by atoms with van der Waals surface area (Å²) in [7, 11) is 0. The van der Waals surface area contributed by atoms with Crippen LogP contribution in [0.3, 0.4) is 0 Å². The van der Waals surface area contributed by atoms with Crippen LogP contribution in [0.5, 0.6) is 0 Å². The van der Waals surface area contributed by atoms with Crippen LogP contribution in [0.2, 0.25) is 0 Å². The van der Waals surface area contributed by atoms with E-state index in [9.17, 15) is 13.2 Å². The minimum atomic E-state index is -1.40. The molecule has 0 aliphatic heterocycles. The summed E-state index contributed by atoms with van der Waals surface area (Å²) in [4.78, 5) is 0. The molecule has 0 saturated carbocycles. The highest BCUT2D eigenvalue weighted by Gasteiger charge is 2.11. The molecule has 0 aliphatic rings. The smallest absolute Gasteiger partial charge is 0.194 e. The molecular weight excluding hydrogens is 285 g/mol. The van der Waals surface area contributed by atoms with Crippen molar-refractivity contribution in [2.75, 3.05) is 0 Å². The number of benzene rings is 2. The third-order valence-electron chi connectivity index (χ3n) is 3.42. The second-order valence-electron chi connectivity index (χ2n) is 6.02. The first-order valence-electron chi connectivity index (χ1n) is 7.43. The number of aryl methyl sites for hydroxylation is 1. The number of rotatable bonds is 2. The molecule has 0 fully saturated rings. The van der Waals surface area contributed by atoms with Gasteiger partial charge in [0.1, 0.15) is 0 Å². The van der Waals surface area contributed by atoms with E-state index in [-0.39, 0.29) is 5.92 Å². The van der Waals surface area contributed by atoms with Crippen LogP contribution in [0.15, 0.2) is 36.4 Å². The summed E-state index contributed by atoms with van der Waals surface area (Å²) < 4.78 is 37.6. The van der Waals surface area contributed by atoms with E-state index in [1.54, 1.807) is 13.8 Å². The number of halogens is 3. The molecular formula is C19H23F3. The average molecular weight is 308 g/mol. The molecule has 22 heavy (non-hydrogen) atoms. The molecule has 0 unspecified atom stereocenters. The summed E-state index contributed by atoms with van der Waals surface area (Å²) in [5.41, 5.74) is 3.22. The summed E-state index contributed by atoms with van der Waals surface area (Å²) in [6.45, 7) is 10.1. The Labute approximate surface area is 131 Å². The Morgan fingerprint density at radius 2 is 1.09 bits per heavy atom. The molecule has 0 N–H and O–H groups in total. The third-order valence-corrected chi connectivity index (χ3v) is 3.42. The van der Waals surface area contributed by atoms with Gasteiger partial charge in [-0.3, -0.25) is 0 Å². The molecule has 2 rings (SSSR count). The van der Waals surface area contributed by atoms with Crippen molar-refractivity contribution in [3.63, 3.8) is 0 Å². The Balaban J connectivity index is 0.000000224. The molecule has 0 spiro atoms. The lowest BCUT2D eigenvalue weighted by molar-refractivity contribution is 0.444. The Morgan fingerprint density at radius 3 is 1.45 bits per heavy atom. The molecule has 0 radical (unpaired) electrons. The molecule has 3 heteroatoms. The topological polar surface area (TPSA) is 0 Å². The van der Waals surface area contributed by atoms with E-state index < -0.39 is 17.5 Å². The van der Waals surface area contributed by atoms with E-state index in [2.05, 4.69) is 45.0 Å². The van der Waals surface area contributed by atoms with E-state index in [4.69, 9.17) is 0 Å². The standard InChI is InChI=1S/C10H14.C9H9F3/c1-8(2)10-6-4-9(3)5-7-10;1-5(2)6-3-7(10)9(12)8(11)4-6/h4-8H,1-3H3;3-5H,1-2H3. The van der Waals surface area contributed by atoms with E-state index in [1.165, 1.54) is 11.1 Å². The van der Waals surface area contributed by atoms with Gasteiger partial charge in [0.05, 0.1) is 0 Å². The van der Waals surface area contributed by atoms with Crippen molar-refractivity contribution >= 4 is 0 Å². The second-order valence-corrected chi connectivity index (χ2v) is 6.02. The van der Waals surface area contributed by atoms with E-state index in [0.29, 0.717) is 11.5 Å². The summed E-state index contributed by atoms with van der Waals surface area (Å²) >= 11 is 0. The quantitative estimate of drug-likeness (QED) is 0.567. The highest BCUT2D eigenvalue weighted by atomic mass is 19.2. The lowest BCUT2D eigenvalue weighted by Crippen LogP contribution is -1.95.